The van der Waals surface area contributed by atoms with Gasteiger partial charge < -0.3 is 19.8 Å². The summed E-state index contributed by atoms with van der Waals surface area (Å²) in [6, 6.07) is 2.21. The van der Waals surface area contributed by atoms with Gasteiger partial charge in [0.2, 0.25) is 5.95 Å². The van der Waals surface area contributed by atoms with E-state index >= 15 is 0 Å². The van der Waals surface area contributed by atoms with Gasteiger partial charge >= 0.3 is 0 Å². The summed E-state index contributed by atoms with van der Waals surface area (Å²) < 4.78 is 0. The zero-order valence-corrected chi connectivity index (χ0v) is 12.1. The molecule has 2 unspecified atom stereocenters. The second kappa shape index (κ2) is 5.71. The van der Waals surface area contributed by atoms with Crippen LogP contribution in [0.25, 0.3) is 0 Å². The Morgan fingerprint density at radius 3 is 2.74 bits per heavy atom. The Morgan fingerprint density at radius 2 is 2.11 bits per heavy atom. The van der Waals surface area contributed by atoms with Gasteiger partial charge in [-0.05, 0) is 26.6 Å². The van der Waals surface area contributed by atoms with E-state index in [0.717, 1.165) is 18.8 Å². The highest BCUT2D eigenvalue weighted by Crippen LogP contribution is 2.25. The molecule has 0 aliphatic carbocycles. The van der Waals surface area contributed by atoms with E-state index < -0.39 is 0 Å². The summed E-state index contributed by atoms with van der Waals surface area (Å²) in [7, 11) is 7.95. The number of aliphatic hydroxyl groups is 1. The number of aromatic nitrogens is 2. The van der Waals surface area contributed by atoms with E-state index in [2.05, 4.69) is 19.8 Å². The number of β-amino-alcohol motifs (C(OH)–C–C–N with tert-alkyl or cyclic N) is 1. The number of hydrogen-bond donors (Lipinski definition) is 1. The van der Waals surface area contributed by atoms with Crippen LogP contribution in [0.2, 0.25) is 0 Å². The lowest BCUT2D eigenvalue weighted by molar-refractivity contribution is 0.191. The van der Waals surface area contributed by atoms with Crippen LogP contribution in [-0.2, 0) is 0 Å². The monoisotopic (exact) mass is 265 g/mol. The van der Waals surface area contributed by atoms with Gasteiger partial charge in [-0.25, -0.2) is 4.98 Å². The minimum absolute atomic E-state index is 0.275. The average Bonchev–Trinajstić information content (AvgIpc) is 2.69. The van der Waals surface area contributed by atoms with Crippen molar-refractivity contribution < 1.29 is 5.11 Å². The van der Waals surface area contributed by atoms with Crippen molar-refractivity contribution in [2.75, 3.05) is 51.1 Å². The Balaban J connectivity index is 2.21. The molecule has 0 bridgehead atoms. The summed E-state index contributed by atoms with van der Waals surface area (Å²) in [5, 5.41) is 9.91. The minimum Gasteiger partial charge on any atom is -0.391 e. The highest BCUT2D eigenvalue weighted by molar-refractivity contribution is 5.45. The molecule has 1 fully saturated rings. The van der Waals surface area contributed by atoms with Crippen LogP contribution < -0.4 is 9.80 Å². The fourth-order valence-electron chi connectivity index (χ4n) is 2.48. The highest BCUT2D eigenvalue weighted by Gasteiger charge is 2.32. The lowest BCUT2D eigenvalue weighted by atomic mass is 10.2. The van der Waals surface area contributed by atoms with E-state index in [1.165, 1.54) is 0 Å². The van der Waals surface area contributed by atoms with Gasteiger partial charge in [-0.1, -0.05) is 0 Å². The molecule has 0 spiro atoms. The molecule has 1 aromatic heterocycles. The number of aliphatic hydroxyl groups excluding tert-OH is 1. The molecule has 0 radical (unpaired) electrons. The van der Waals surface area contributed by atoms with Gasteiger partial charge in [-0.2, -0.15) is 4.98 Å². The van der Waals surface area contributed by atoms with Crippen LogP contribution >= 0.6 is 0 Å². The molecule has 2 heterocycles. The SMILES string of the molecule is CN(C)CC1CC(O)CN1c1ccnc(N(C)C)n1. The maximum absolute atomic E-state index is 9.91. The third kappa shape index (κ3) is 3.33. The average molecular weight is 265 g/mol. The number of rotatable bonds is 4. The minimum atomic E-state index is -0.275. The zero-order valence-electron chi connectivity index (χ0n) is 12.1. The molecule has 1 aliphatic rings. The van der Waals surface area contributed by atoms with Gasteiger partial charge in [0.05, 0.1) is 6.10 Å². The van der Waals surface area contributed by atoms with E-state index in [4.69, 9.17) is 0 Å². The molecule has 1 N–H and O–H groups in total. The van der Waals surface area contributed by atoms with E-state index in [1.807, 2.05) is 39.2 Å². The topological polar surface area (TPSA) is 55.7 Å². The van der Waals surface area contributed by atoms with Gasteiger partial charge in [0, 0.05) is 39.4 Å². The largest absolute Gasteiger partial charge is 0.391 e. The third-order valence-corrected chi connectivity index (χ3v) is 3.29. The molecule has 0 aromatic carbocycles. The Kier molecular flexibility index (Phi) is 4.21. The summed E-state index contributed by atoms with van der Waals surface area (Å²) in [5.74, 6) is 1.59. The van der Waals surface area contributed by atoms with E-state index in [9.17, 15) is 5.11 Å². The lowest BCUT2D eigenvalue weighted by Crippen LogP contribution is -2.38. The smallest absolute Gasteiger partial charge is 0.226 e. The Bertz CT molecular complexity index is 423. The first-order chi connectivity index (χ1) is 8.97. The number of hydrogen-bond acceptors (Lipinski definition) is 6. The Morgan fingerprint density at radius 1 is 1.37 bits per heavy atom. The van der Waals surface area contributed by atoms with E-state index in [0.29, 0.717) is 18.5 Å². The number of anilines is 2. The van der Waals surface area contributed by atoms with Crippen LogP contribution in [0.5, 0.6) is 0 Å². The van der Waals surface area contributed by atoms with E-state index in [-0.39, 0.29) is 6.10 Å². The normalized spacial score (nSPS) is 23.2. The van der Waals surface area contributed by atoms with Crippen LogP contribution in [0.15, 0.2) is 12.3 Å². The van der Waals surface area contributed by atoms with Gasteiger partial charge in [0.15, 0.2) is 0 Å². The standard InChI is InChI=1S/C13H23N5O/c1-16(2)8-10-7-11(19)9-18(10)12-5-6-14-13(15-12)17(3)4/h5-6,10-11,19H,7-9H2,1-4H3. The van der Waals surface area contributed by atoms with Crippen LogP contribution in [0, 0.1) is 0 Å². The lowest BCUT2D eigenvalue weighted by Gasteiger charge is -2.28. The quantitative estimate of drug-likeness (QED) is 0.830. The number of nitrogens with zero attached hydrogens (tertiary/aromatic N) is 5. The van der Waals surface area contributed by atoms with Crippen molar-refractivity contribution in [3.8, 4) is 0 Å². The molecule has 6 nitrogen and oxygen atoms in total. The van der Waals surface area contributed by atoms with Crippen LogP contribution in [0.4, 0.5) is 11.8 Å². The van der Waals surface area contributed by atoms with Crippen LogP contribution in [0.1, 0.15) is 6.42 Å². The molecule has 6 heteroatoms. The van der Waals surface area contributed by atoms with Gasteiger partial charge in [-0.15, -0.1) is 0 Å². The predicted octanol–water partition coefficient (Wildman–Crippen LogP) is 0.0438. The van der Waals surface area contributed by atoms with Gasteiger partial charge in [0.1, 0.15) is 5.82 Å². The fraction of sp³-hybridized carbons (Fsp3) is 0.692. The molecular weight excluding hydrogens is 242 g/mol. The molecule has 2 rings (SSSR count). The summed E-state index contributed by atoms with van der Waals surface area (Å²) in [6.07, 6.45) is 2.29. The summed E-state index contributed by atoms with van der Waals surface area (Å²) in [4.78, 5) is 15.0. The maximum Gasteiger partial charge on any atom is 0.226 e. The molecule has 106 valence electrons. The van der Waals surface area contributed by atoms with Crippen molar-refractivity contribution in [3.63, 3.8) is 0 Å². The second-order valence-electron chi connectivity index (χ2n) is 5.57. The molecule has 19 heavy (non-hydrogen) atoms. The molecular formula is C13H23N5O. The molecule has 0 saturated carbocycles. The first-order valence-electron chi connectivity index (χ1n) is 6.57. The first-order valence-corrected chi connectivity index (χ1v) is 6.57. The fourth-order valence-corrected chi connectivity index (χ4v) is 2.48. The third-order valence-electron chi connectivity index (χ3n) is 3.29. The first kappa shape index (κ1) is 14.0. The van der Waals surface area contributed by atoms with Crippen molar-refractivity contribution in [3.05, 3.63) is 12.3 Å². The summed E-state index contributed by atoms with van der Waals surface area (Å²) >= 11 is 0. The van der Waals surface area contributed by atoms with Crippen molar-refractivity contribution in [1.82, 2.24) is 14.9 Å². The van der Waals surface area contributed by atoms with Crippen molar-refractivity contribution in [2.24, 2.45) is 0 Å². The second-order valence-corrected chi connectivity index (χ2v) is 5.57. The Hall–Kier alpha value is -1.40. The number of likely N-dealkylation sites (N-methyl/N-ethyl adjacent to an activating group) is 1. The van der Waals surface area contributed by atoms with Crippen molar-refractivity contribution >= 4 is 11.8 Å². The molecule has 1 aliphatic heterocycles. The molecule has 1 saturated heterocycles. The zero-order chi connectivity index (χ0) is 14.0. The van der Waals surface area contributed by atoms with E-state index in [1.54, 1.807) is 6.20 Å². The molecule has 1 aromatic rings. The van der Waals surface area contributed by atoms with Gasteiger partial charge in [0.25, 0.3) is 0 Å². The Labute approximate surface area is 114 Å². The van der Waals surface area contributed by atoms with Crippen molar-refractivity contribution in [1.29, 1.82) is 0 Å². The van der Waals surface area contributed by atoms with Crippen LogP contribution in [0.3, 0.4) is 0 Å². The highest BCUT2D eigenvalue weighted by atomic mass is 16.3. The van der Waals surface area contributed by atoms with Gasteiger partial charge in [-0.3, -0.25) is 0 Å². The molecule has 2 atom stereocenters. The summed E-state index contributed by atoms with van der Waals surface area (Å²) in [5.41, 5.74) is 0. The van der Waals surface area contributed by atoms with Crippen LogP contribution in [-0.4, -0.2) is 73.4 Å². The molecule has 0 amide bonds. The van der Waals surface area contributed by atoms with Crippen molar-refractivity contribution in [2.45, 2.75) is 18.6 Å². The summed E-state index contributed by atoms with van der Waals surface area (Å²) in [6.45, 7) is 1.56. The predicted molar refractivity (Wildman–Crippen MR) is 76.7 cm³/mol. The maximum atomic E-state index is 9.91.